The Labute approximate surface area is 141 Å². The first-order valence-corrected chi connectivity index (χ1v) is 7.85. The summed E-state index contributed by atoms with van der Waals surface area (Å²) in [5.41, 5.74) is 1.76. The average molecular weight is 388 g/mol. The number of anilines is 1. The highest BCUT2D eigenvalue weighted by atomic mass is 79.9. The zero-order chi connectivity index (χ0) is 15.6. The van der Waals surface area contributed by atoms with Crippen LogP contribution < -0.4 is 5.32 Å². The fraction of sp³-hybridized carbons (Fsp3) is 0.200. The van der Waals surface area contributed by atoms with Gasteiger partial charge in [0.2, 0.25) is 0 Å². The van der Waals surface area contributed by atoms with Gasteiger partial charge in [-0.25, -0.2) is 4.98 Å². The number of amides is 1. The first-order chi connectivity index (χ1) is 9.86. The first-order valence-electron chi connectivity index (χ1n) is 6.30. The van der Waals surface area contributed by atoms with E-state index in [1.54, 1.807) is 24.3 Å². The molecule has 0 atom stereocenters. The van der Waals surface area contributed by atoms with E-state index in [4.69, 9.17) is 23.2 Å². The van der Waals surface area contributed by atoms with Gasteiger partial charge in [0.05, 0.1) is 10.7 Å². The summed E-state index contributed by atoms with van der Waals surface area (Å²) in [4.78, 5) is 16.5. The van der Waals surface area contributed by atoms with E-state index in [1.807, 2.05) is 13.8 Å². The maximum atomic E-state index is 12.3. The van der Waals surface area contributed by atoms with Gasteiger partial charge in [0.1, 0.15) is 5.15 Å². The molecule has 1 amide bonds. The van der Waals surface area contributed by atoms with Crippen molar-refractivity contribution in [3.8, 4) is 0 Å². The Balaban J connectivity index is 2.30. The molecule has 1 N–H and O–H groups in total. The normalized spacial score (nSPS) is 10.8. The van der Waals surface area contributed by atoms with Crippen LogP contribution in [0.1, 0.15) is 35.8 Å². The molecule has 1 aromatic carbocycles. The zero-order valence-corrected chi connectivity index (χ0v) is 14.6. The van der Waals surface area contributed by atoms with E-state index in [0.29, 0.717) is 21.4 Å². The molecule has 0 aliphatic carbocycles. The second-order valence-electron chi connectivity index (χ2n) is 4.84. The number of benzene rings is 1. The van der Waals surface area contributed by atoms with E-state index >= 15 is 0 Å². The highest BCUT2D eigenvalue weighted by molar-refractivity contribution is 9.10. The third-order valence-electron chi connectivity index (χ3n) is 2.84. The third-order valence-corrected chi connectivity index (χ3v) is 3.86. The molecule has 1 heterocycles. The summed E-state index contributed by atoms with van der Waals surface area (Å²) in [5, 5.41) is 3.54. The Hall–Kier alpha value is -1.10. The number of aromatic nitrogens is 1. The van der Waals surface area contributed by atoms with Crippen molar-refractivity contribution in [2.45, 2.75) is 19.8 Å². The van der Waals surface area contributed by atoms with Crippen LogP contribution in [0.2, 0.25) is 10.2 Å². The van der Waals surface area contributed by atoms with Gasteiger partial charge >= 0.3 is 0 Å². The number of hydrogen-bond acceptors (Lipinski definition) is 2. The number of nitrogens with zero attached hydrogens (tertiary/aromatic N) is 1. The lowest BCUT2D eigenvalue weighted by Crippen LogP contribution is -2.13. The van der Waals surface area contributed by atoms with Crippen LogP contribution in [-0.4, -0.2) is 10.9 Å². The largest absolute Gasteiger partial charge is 0.321 e. The molecule has 21 heavy (non-hydrogen) atoms. The van der Waals surface area contributed by atoms with Crippen molar-refractivity contribution >= 4 is 50.7 Å². The van der Waals surface area contributed by atoms with Gasteiger partial charge in [0.25, 0.3) is 5.91 Å². The number of carbonyl (C=O) groups is 1. The topological polar surface area (TPSA) is 42.0 Å². The maximum absolute atomic E-state index is 12.3. The molecule has 2 aromatic rings. The van der Waals surface area contributed by atoms with Gasteiger partial charge in [-0.2, -0.15) is 0 Å². The minimum Gasteiger partial charge on any atom is -0.321 e. The third kappa shape index (κ3) is 4.19. The molecule has 0 spiro atoms. The standard InChI is InChI=1S/C15H13BrCl2N2O/c1-8(2)12-5-9(6-14(18)19-12)15(21)20-13-7-10(16)3-4-11(13)17/h3-8H,1-2H3,(H,20,21). The summed E-state index contributed by atoms with van der Waals surface area (Å²) in [5.74, 6) is -0.0918. The monoisotopic (exact) mass is 386 g/mol. The number of pyridine rings is 1. The molecule has 0 saturated heterocycles. The highest BCUT2D eigenvalue weighted by Gasteiger charge is 2.13. The minimum absolute atomic E-state index is 0.185. The first kappa shape index (κ1) is 16.3. The predicted molar refractivity (Wildman–Crippen MR) is 90.4 cm³/mol. The number of hydrogen-bond donors (Lipinski definition) is 1. The predicted octanol–water partition coefficient (Wildman–Crippen LogP) is 5.53. The Morgan fingerprint density at radius 1 is 1.24 bits per heavy atom. The van der Waals surface area contributed by atoms with Crippen molar-refractivity contribution in [1.82, 2.24) is 4.98 Å². The quantitative estimate of drug-likeness (QED) is 0.703. The fourth-order valence-electron chi connectivity index (χ4n) is 1.73. The molecular weight excluding hydrogens is 375 g/mol. The Bertz CT molecular complexity index is 689. The van der Waals surface area contributed by atoms with Gasteiger partial charge < -0.3 is 5.32 Å². The van der Waals surface area contributed by atoms with E-state index in [1.165, 1.54) is 6.07 Å². The Morgan fingerprint density at radius 3 is 2.62 bits per heavy atom. The average Bonchev–Trinajstić information content (AvgIpc) is 2.42. The van der Waals surface area contributed by atoms with Crippen molar-refractivity contribution in [3.05, 3.63) is 56.2 Å². The van der Waals surface area contributed by atoms with Crippen molar-refractivity contribution in [2.24, 2.45) is 0 Å². The summed E-state index contributed by atoms with van der Waals surface area (Å²) < 4.78 is 0.831. The molecule has 0 aliphatic rings. The smallest absolute Gasteiger partial charge is 0.255 e. The van der Waals surface area contributed by atoms with E-state index < -0.39 is 0 Å². The van der Waals surface area contributed by atoms with Crippen LogP contribution in [0.25, 0.3) is 0 Å². The van der Waals surface area contributed by atoms with Crippen LogP contribution in [0.3, 0.4) is 0 Å². The van der Waals surface area contributed by atoms with Crippen molar-refractivity contribution in [3.63, 3.8) is 0 Å². The lowest BCUT2D eigenvalue weighted by atomic mass is 10.1. The van der Waals surface area contributed by atoms with Crippen molar-refractivity contribution in [1.29, 1.82) is 0 Å². The zero-order valence-electron chi connectivity index (χ0n) is 11.5. The van der Waals surface area contributed by atoms with Gasteiger partial charge in [0, 0.05) is 15.7 Å². The van der Waals surface area contributed by atoms with Gasteiger partial charge in [-0.1, -0.05) is 53.0 Å². The SMILES string of the molecule is CC(C)c1cc(C(=O)Nc2cc(Br)ccc2Cl)cc(Cl)n1. The molecule has 3 nitrogen and oxygen atoms in total. The van der Waals surface area contributed by atoms with E-state index in [0.717, 1.165) is 10.2 Å². The van der Waals surface area contributed by atoms with Crippen LogP contribution in [0.15, 0.2) is 34.8 Å². The summed E-state index contributed by atoms with van der Waals surface area (Å²) >= 11 is 15.4. The molecule has 6 heteroatoms. The number of carbonyl (C=O) groups excluding carboxylic acids is 1. The van der Waals surface area contributed by atoms with Crippen LogP contribution in [-0.2, 0) is 0 Å². The molecule has 1 aromatic heterocycles. The summed E-state index contributed by atoms with van der Waals surface area (Å²) in [6.45, 7) is 3.98. The van der Waals surface area contributed by atoms with Gasteiger partial charge in [-0.3, -0.25) is 4.79 Å². The van der Waals surface area contributed by atoms with E-state index in [9.17, 15) is 4.79 Å². The molecule has 0 radical (unpaired) electrons. The van der Waals surface area contributed by atoms with Crippen molar-refractivity contribution < 1.29 is 4.79 Å². The molecule has 0 bridgehead atoms. The molecule has 0 saturated carbocycles. The summed E-state index contributed by atoms with van der Waals surface area (Å²) in [7, 11) is 0. The lowest BCUT2D eigenvalue weighted by molar-refractivity contribution is 0.102. The highest BCUT2D eigenvalue weighted by Crippen LogP contribution is 2.26. The van der Waals surface area contributed by atoms with Crippen LogP contribution in [0.5, 0.6) is 0 Å². The van der Waals surface area contributed by atoms with Gasteiger partial charge in [-0.15, -0.1) is 0 Å². The molecule has 0 aliphatic heterocycles. The van der Waals surface area contributed by atoms with Crippen molar-refractivity contribution in [2.75, 3.05) is 5.32 Å². The molecule has 0 fully saturated rings. The molecule has 110 valence electrons. The minimum atomic E-state index is -0.277. The molecule has 0 unspecified atom stereocenters. The van der Waals surface area contributed by atoms with Crippen LogP contribution >= 0.6 is 39.1 Å². The number of nitrogens with one attached hydrogen (secondary N) is 1. The lowest BCUT2D eigenvalue weighted by Gasteiger charge is -2.10. The summed E-state index contributed by atoms with van der Waals surface area (Å²) in [6, 6.07) is 8.53. The van der Waals surface area contributed by atoms with Crippen LogP contribution in [0, 0.1) is 0 Å². The molecular formula is C15H13BrCl2N2O. The van der Waals surface area contributed by atoms with E-state index in [2.05, 4.69) is 26.2 Å². The van der Waals surface area contributed by atoms with Crippen LogP contribution in [0.4, 0.5) is 5.69 Å². The van der Waals surface area contributed by atoms with E-state index in [-0.39, 0.29) is 11.8 Å². The molecule has 2 rings (SSSR count). The Morgan fingerprint density at radius 2 is 1.95 bits per heavy atom. The fourth-order valence-corrected chi connectivity index (χ4v) is 2.47. The number of rotatable bonds is 3. The van der Waals surface area contributed by atoms with Gasteiger partial charge in [-0.05, 0) is 36.2 Å². The Kier molecular flexibility index (Phi) is 5.25. The second kappa shape index (κ2) is 6.77. The van der Waals surface area contributed by atoms with Gasteiger partial charge in [0.15, 0.2) is 0 Å². The summed E-state index contributed by atoms with van der Waals surface area (Å²) in [6.07, 6.45) is 0. The second-order valence-corrected chi connectivity index (χ2v) is 6.55. The number of halogens is 3. The maximum Gasteiger partial charge on any atom is 0.255 e.